The first-order valence-electron chi connectivity index (χ1n) is 6.81. The van der Waals surface area contributed by atoms with Gasteiger partial charge in [0.15, 0.2) is 0 Å². The number of carboxylic acids is 1. The number of benzene rings is 1. The molecule has 2 N–H and O–H groups in total. The van der Waals surface area contributed by atoms with Gasteiger partial charge >= 0.3 is 5.97 Å². The molecule has 120 valence electrons. The molecule has 0 bridgehead atoms. The Morgan fingerprint density at radius 2 is 2.00 bits per heavy atom. The summed E-state index contributed by atoms with van der Waals surface area (Å²) in [7, 11) is 0. The van der Waals surface area contributed by atoms with Gasteiger partial charge in [-0.15, -0.1) is 0 Å². The van der Waals surface area contributed by atoms with E-state index in [1.165, 1.54) is 12.1 Å². The van der Waals surface area contributed by atoms with Gasteiger partial charge < -0.3 is 10.4 Å². The van der Waals surface area contributed by atoms with Crippen molar-refractivity contribution >= 4 is 33.5 Å². The van der Waals surface area contributed by atoms with Gasteiger partial charge in [-0.1, -0.05) is 28.4 Å². The van der Waals surface area contributed by atoms with E-state index in [-0.39, 0.29) is 24.4 Å². The lowest BCUT2D eigenvalue weighted by atomic mass is 10.1. The van der Waals surface area contributed by atoms with E-state index in [2.05, 4.69) is 21.2 Å². The molecule has 7 nitrogen and oxygen atoms in total. The number of non-ortho nitro benzene ring substituents is 1. The van der Waals surface area contributed by atoms with Gasteiger partial charge in [-0.05, 0) is 18.4 Å². The second-order valence-corrected chi connectivity index (χ2v) is 5.62. The number of nitro benzene ring substituents is 1. The SMILES string of the molecule is O=C(O)CCCCCNC(=O)Cc1ccc([N+](=O)[O-])cc1Br. The van der Waals surface area contributed by atoms with E-state index >= 15 is 0 Å². The van der Waals surface area contributed by atoms with Gasteiger partial charge in [0.2, 0.25) is 5.91 Å². The summed E-state index contributed by atoms with van der Waals surface area (Å²) < 4.78 is 0.526. The minimum atomic E-state index is -0.813. The Kier molecular flexibility index (Phi) is 7.51. The highest BCUT2D eigenvalue weighted by molar-refractivity contribution is 9.10. The molecule has 22 heavy (non-hydrogen) atoms. The van der Waals surface area contributed by atoms with Crippen LogP contribution in [-0.4, -0.2) is 28.5 Å². The van der Waals surface area contributed by atoms with Gasteiger partial charge in [0, 0.05) is 29.6 Å². The van der Waals surface area contributed by atoms with Crippen molar-refractivity contribution < 1.29 is 19.6 Å². The fraction of sp³-hybridized carbons (Fsp3) is 0.429. The Morgan fingerprint density at radius 3 is 2.59 bits per heavy atom. The molecular formula is C14H17BrN2O5. The van der Waals surface area contributed by atoms with Crippen LogP contribution in [0.25, 0.3) is 0 Å². The van der Waals surface area contributed by atoms with E-state index < -0.39 is 10.9 Å². The lowest BCUT2D eigenvalue weighted by Crippen LogP contribution is -2.26. The number of halogens is 1. The first-order chi connectivity index (χ1) is 10.4. The topological polar surface area (TPSA) is 110 Å². The van der Waals surface area contributed by atoms with Crippen molar-refractivity contribution in [3.8, 4) is 0 Å². The third kappa shape index (κ3) is 6.66. The highest BCUT2D eigenvalue weighted by Crippen LogP contribution is 2.23. The summed E-state index contributed by atoms with van der Waals surface area (Å²) in [5.74, 6) is -0.986. The molecule has 1 aromatic rings. The number of amides is 1. The predicted octanol–water partition coefficient (Wildman–Crippen LogP) is 2.66. The molecule has 1 aromatic carbocycles. The largest absolute Gasteiger partial charge is 0.481 e. The Hall–Kier alpha value is -1.96. The first-order valence-corrected chi connectivity index (χ1v) is 7.60. The highest BCUT2D eigenvalue weighted by Gasteiger charge is 2.11. The predicted molar refractivity (Wildman–Crippen MR) is 83.6 cm³/mol. The summed E-state index contributed by atoms with van der Waals surface area (Å²) in [6, 6.07) is 4.28. The summed E-state index contributed by atoms with van der Waals surface area (Å²) in [5, 5.41) is 21.9. The van der Waals surface area contributed by atoms with E-state index in [1.54, 1.807) is 6.07 Å². The highest BCUT2D eigenvalue weighted by atomic mass is 79.9. The summed E-state index contributed by atoms with van der Waals surface area (Å²) in [6.07, 6.45) is 2.34. The van der Waals surface area contributed by atoms with Crippen LogP contribution in [0.5, 0.6) is 0 Å². The third-order valence-corrected chi connectivity index (χ3v) is 3.73. The molecular weight excluding hydrogens is 356 g/mol. The molecule has 0 atom stereocenters. The van der Waals surface area contributed by atoms with Crippen molar-refractivity contribution in [3.05, 3.63) is 38.3 Å². The van der Waals surface area contributed by atoms with Crippen LogP contribution >= 0.6 is 15.9 Å². The zero-order valence-corrected chi connectivity index (χ0v) is 13.5. The summed E-state index contributed by atoms with van der Waals surface area (Å²) in [5.41, 5.74) is 0.642. The minimum Gasteiger partial charge on any atom is -0.481 e. The van der Waals surface area contributed by atoms with Crippen LogP contribution in [0.15, 0.2) is 22.7 Å². The molecule has 1 rings (SSSR count). The van der Waals surface area contributed by atoms with Crippen molar-refractivity contribution in [2.45, 2.75) is 32.1 Å². The van der Waals surface area contributed by atoms with Gasteiger partial charge in [0.1, 0.15) is 0 Å². The van der Waals surface area contributed by atoms with Crippen molar-refractivity contribution in [1.29, 1.82) is 0 Å². The quantitative estimate of drug-likeness (QED) is 0.393. The molecule has 0 heterocycles. The monoisotopic (exact) mass is 372 g/mol. The smallest absolute Gasteiger partial charge is 0.303 e. The molecule has 1 amide bonds. The first kappa shape index (κ1) is 18.1. The molecule has 0 aliphatic carbocycles. The summed E-state index contributed by atoms with van der Waals surface area (Å²) in [6.45, 7) is 0.489. The molecule has 0 saturated carbocycles. The minimum absolute atomic E-state index is 0.0329. The van der Waals surface area contributed by atoms with Crippen molar-refractivity contribution in [1.82, 2.24) is 5.32 Å². The van der Waals surface area contributed by atoms with E-state index in [1.807, 2.05) is 0 Å². The maximum Gasteiger partial charge on any atom is 0.303 e. The molecule has 0 saturated heterocycles. The molecule has 0 radical (unpaired) electrons. The standard InChI is InChI=1S/C14H17BrN2O5/c15-12-9-11(17(21)22)6-5-10(12)8-13(18)16-7-3-1-2-4-14(19)20/h5-6,9H,1-4,7-8H2,(H,16,18)(H,19,20). The number of nitrogens with zero attached hydrogens (tertiary/aromatic N) is 1. The molecule has 0 unspecified atom stereocenters. The second kappa shape index (κ2) is 9.14. The van der Waals surface area contributed by atoms with Crippen LogP contribution in [0.3, 0.4) is 0 Å². The molecule has 0 fully saturated rings. The van der Waals surface area contributed by atoms with Gasteiger partial charge in [0.05, 0.1) is 11.3 Å². The Balaban J connectivity index is 2.33. The van der Waals surface area contributed by atoms with Crippen molar-refractivity contribution in [3.63, 3.8) is 0 Å². The fourth-order valence-corrected chi connectivity index (χ4v) is 2.34. The zero-order chi connectivity index (χ0) is 16.5. The number of nitro groups is 1. The van der Waals surface area contributed by atoms with Crippen LogP contribution in [0.4, 0.5) is 5.69 Å². The third-order valence-electron chi connectivity index (χ3n) is 2.99. The maximum atomic E-state index is 11.8. The van der Waals surface area contributed by atoms with E-state index in [0.29, 0.717) is 23.0 Å². The van der Waals surface area contributed by atoms with Crippen LogP contribution in [0, 0.1) is 10.1 Å². The molecule has 0 aliphatic heterocycles. The summed E-state index contributed by atoms with van der Waals surface area (Å²) in [4.78, 5) is 32.2. The van der Waals surface area contributed by atoms with E-state index in [4.69, 9.17) is 5.11 Å². The number of hydrogen-bond acceptors (Lipinski definition) is 4. The van der Waals surface area contributed by atoms with Gasteiger partial charge in [-0.25, -0.2) is 0 Å². The number of carboxylic acid groups (broad SMARTS) is 1. The zero-order valence-electron chi connectivity index (χ0n) is 11.9. The number of hydrogen-bond donors (Lipinski definition) is 2. The lowest BCUT2D eigenvalue weighted by molar-refractivity contribution is -0.384. The van der Waals surface area contributed by atoms with Crippen molar-refractivity contribution in [2.75, 3.05) is 6.54 Å². The Bertz CT molecular complexity index is 562. The summed E-state index contributed by atoms with van der Waals surface area (Å²) >= 11 is 3.22. The molecule has 8 heteroatoms. The van der Waals surface area contributed by atoms with Gasteiger partial charge in [-0.3, -0.25) is 19.7 Å². The van der Waals surface area contributed by atoms with Gasteiger partial charge in [-0.2, -0.15) is 0 Å². The number of rotatable bonds is 9. The Morgan fingerprint density at radius 1 is 1.27 bits per heavy atom. The number of carbonyl (C=O) groups is 2. The number of carbonyl (C=O) groups excluding carboxylic acids is 1. The average Bonchev–Trinajstić information content (AvgIpc) is 2.44. The number of nitrogens with one attached hydrogen (secondary N) is 1. The number of unbranched alkanes of at least 4 members (excludes halogenated alkanes) is 2. The van der Waals surface area contributed by atoms with Crippen LogP contribution in [0.2, 0.25) is 0 Å². The number of aliphatic carboxylic acids is 1. The van der Waals surface area contributed by atoms with Crippen LogP contribution in [0.1, 0.15) is 31.2 Å². The van der Waals surface area contributed by atoms with E-state index in [0.717, 1.165) is 12.8 Å². The lowest BCUT2D eigenvalue weighted by Gasteiger charge is -2.06. The maximum absolute atomic E-state index is 11.8. The van der Waals surface area contributed by atoms with E-state index in [9.17, 15) is 19.7 Å². The van der Waals surface area contributed by atoms with Crippen molar-refractivity contribution in [2.24, 2.45) is 0 Å². The average molecular weight is 373 g/mol. The fourth-order valence-electron chi connectivity index (χ4n) is 1.83. The normalized spacial score (nSPS) is 10.2. The molecule has 0 aromatic heterocycles. The second-order valence-electron chi connectivity index (χ2n) is 4.76. The van der Waals surface area contributed by atoms with Crippen LogP contribution < -0.4 is 5.32 Å². The van der Waals surface area contributed by atoms with Gasteiger partial charge in [0.25, 0.3) is 5.69 Å². The Labute approximate surface area is 136 Å². The molecule has 0 aliphatic rings. The van der Waals surface area contributed by atoms with Crippen LogP contribution in [-0.2, 0) is 16.0 Å². The molecule has 0 spiro atoms.